The summed E-state index contributed by atoms with van der Waals surface area (Å²) in [5.41, 5.74) is 5.78. The minimum Gasteiger partial charge on any atom is -0.433 e. The fourth-order valence-electron chi connectivity index (χ4n) is 1.55. The van der Waals surface area contributed by atoms with E-state index in [1.54, 1.807) is 0 Å². The highest BCUT2D eigenvalue weighted by molar-refractivity contribution is 6.35. The first kappa shape index (κ1) is 17.8. The van der Waals surface area contributed by atoms with Crippen LogP contribution in [0.25, 0.3) is 0 Å². The molecule has 0 atom stereocenters. The van der Waals surface area contributed by atoms with Gasteiger partial charge >= 0.3 is 6.61 Å². The molecule has 0 aliphatic carbocycles. The van der Waals surface area contributed by atoms with Gasteiger partial charge in [-0.3, -0.25) is 0 Å². The standard InChI is InChI=1S/C13H17Cl2F2N3O/c1-13(2,3)20-12(18)19-6-7-4-8(14)5-9(15)10(7)21-11(16)17/h4-5,11H,6H2,1-3H3,(H3,18,19,20). The average molecular weight is 340 g/mol. The van der Waals surface area contributed by atoms with E-state index in [9.17, 15) is 8.78 Å². The van der Waals surface area contributed by atoms with Gasteiger partial charge in [-0.15, -0.1) is 0 Å². The fraction of sp³-hybridized carbons (Fsp3) is 0.462. The van der Waals surface area contributed by atoms with E-state index in [0.717, 1.165) is 0 Å². The van der Waals surface area contributed by atoms with Gasteiger partial charge in [0.25, 0.3) is 0 Å². The van der Waals surface area contributed by atoms with Crippen molar-refractivity contribution in [3.8, 4) is 5.75 Å². The van der Waals surface area contributed by atoms with Crippen LogP contribution >= 0.6 is 23.2 Å². The Hall–Kier alpha value is -1.27. The highest BCUT2D eigenvalue weighted by Crippen LogP contribution is 2.34. The lowest BCUT2D eigenvalue weighted by molar-refractivity contribution is -0.0503. The van der Waals surface area contributed by atoms with Crippen molar-refractivity contribution < 1.29 is 13.5 Å². The van der Waals surface area contributed by atoms with Crippen LogP contribution in [0.15, 0.2) is 17.1 Å². The van der Waals surface area contributed by atoms with Crippen LogP contribution in [0.3, 0.4) is 0 Å². The van der Waals surface area contributed by atoms with Crippen LogP contribution in [0.1, 0.15) is 26.3 Å². The molecule has 0 amide bonds. The summed E-state index contributed by atoms with van der Waals surface area (Å²) in [7, 11) is 0. The molecule has 0 radical (unpaired) electrons. The van der Waals surface area contributed by atoms with Crippen LogP contribution in [0, 0.1) is 0 Å². The second-order valence-corrected chi connectivity index (χ2v) is 6.17. The molecule has 3 N–H and O–H groups in total. The summed E-state index contributed by atoms with van der Waals surface area (Å²) in [6.45, 7) is 2.76. The highest BCUT2D eigenvalue weighted by Gasteiger charge is 2.15. The van der Waals surface area contributed by atoms with E-state index in [2.05, 4.69) is 15.0 Å². The average Bonchev–Trinajstić information content (AvgIpc) is 2.27. The summed E-state index contributed by atoms with van der Waals surface area (Å²) < 4.78 is 29.2. The maximum Gasteiger partial charge on any atom is 0.387 e. The predicted octanol–water partition coefficient (Wildman–Crippen LogP) is 3.80. The summed E-state index contributed by atoms with van der Waals surface area (Å²) in [6.07, 6.45) is 0. The fourth-order valence-corrected chi connectivity index (χ4v) is 2.13. The van der Waals surface area contributed by atoms with Crippen molar-refractivity contribution in [2.75, 3.05) is 0 Å². The lowest BCUT2D eigenvalue weighted by Gasteiger charge is -2.21. The van der Waals surface area contributed by atoms with Gasteiger partial charge in [-0.05, 0) is 32.9 Å². The van der Waals surface area contributed by atoms with Crippen molar-refractivity contribution in [1.29, 1.82) is 0 Å². The van der Waals surface area contributed by atoms with Crippen LogP contribution in [0.5, 0.6) is 5.75 Å². The lowest BCUT2D eigenvalue weighted by atomic mass is 10.1. The molecule has 0 aromatic heterocycles. The van der Waals surface area contributed by atoms with Gasteiger partial charge in [0.05, 0.1) is 11.6 Å². The molecule has 0 saturated heterocycles. The van der Waals surface area contributed by atoms with Crippen LogP contribution in [0.4, 0.5) is 8.78 Å². The van der Waals surface area contributed by atoms with Crippen LogP contribution < -0.4 is 15.8 Å². The number of rotatable bonds is 4. The summed E-state index contributed by atoms with van der Waals surface area (Å²) in [4.78, 5) is 4.07. The second-order valence-electron chi connectivity index (χ2n) is 5.33. The van der Waals surface area contributed by atoms with Crippen LogP contribution in [0.2, 0.25) is 10.0 Å². The van der Waals surface area contributed by atoms with Crippen molar-refractivity contribution in [3.05, 3.63) is 27.7 Å². The lowest BCUT2D eigenvalue weighted by Crippen LogP contribution is -2.44. The Labute approximate surface area is 132 Å². The van der Waals surface area contributed by atoms with Crippen molar-refractivity contribution >= 4 is 29.2 Å². The zero-order chi connectivity index (χ0) is 16.2. The summed E-state index contributed by atoms with van der Waals surface area (Å²) in [5.74, 6) is 0.0324. The Morgan fingerprint density at radius 1 is 1.38 bits per heavy atom. The van der Waals surface area contributed by atoms with Crippen LogP contribution in [-0.2, 0) is 6.54 Å². The van der Waals surface area contributed by atoms with E-state index in [4.69, 9.17) is 28.9 Å². The number of hydrogen-bond donors (Lipinski definition) is 2. The predicted molar refractivity (Wildman–Crippen MR) is 81.3 cm³/mol. The van der Waals surface area contributed by atoms with Gasteiger partial charge in [0.2, 0.25) is 0 Å². The normalized spacial score (nSPS) is 12.7. The Balaban J connectivity index is 2.99. The quantitative estimate of drug-likeness (QED) is 0.647. The van der Waals surface area contributed by atoms with E-state index in [1.165, 1.54) is 12.1 Å². The van der Waals surface area contributed by atoms with E-state index in [-0.39, 0.29) is 28.8 Å². The number of nitrogens with one attached hydrogen (secondary N) is 1. The molecular formula is C13H17Cl2F2N3O. The smallest absolute Gasteiger partial charge is 0.387 e. The molecule has 0 aliphatic rings. The number of guanidine groups is 1. The summed E-state index contributed by atoms with van der Waals surface area (Å²) >= 11 is 11.7. The molecule has 1 rings (SSSR count). The van der Waals surface area contributed by atoms with Crippen molar-refractivity contribution in [1.82, 2.24) is 5.32 Å². The van der Waals surface area contributed by atoms with Gasteiger partial charge in [-0.2, -0.15) is 8.78 Å². The van der Waals surface area contributed by atoms with Gasteiger partial charge in [0, 0.05) is 16.1 Å². The SMILES string of the molecule is CC(C)(C)NC(N)=NCc1cc(Cl)cc(Cl)c1OC(F)F. The number of aliphatic imine (C=N–C) groups is 1. The van der Waals surface area contributed by atoms with Gasteiger partial charge in [-0.1, -0.05) is 23.2 Å². The largest absolute Gasteiger partial charge is 0.433 e. The van der Waals surface area contributed by atoms with E-state index in [0.29, 0.717) is 10.6 Å². The Morgan fingerprint density at radius 2 is 2.00 bits per heavy atom. The highest BCUT2D eigenvalue weighted by atomic mass is 35.5. The molecule has 0 unspecified atom stereocenters. The topological polar surface area (TPSA) is 59.6 Å². The van der Waals surface area contributed by atoms with Crippen molar-refractivity contribution in [2.24, 2.45) is 10.7 Å². The first-order chi connectivity index (χ1) is 9.58. The van der Waals surface area contributed by atoms with Gasteiger partial charge in [-0.25, -0.2) is 4.99 Å². The molecular weight excluding hydrogens is 323 g/mol. The Morgan fingerprint density at radius 3 is 2.52 bits per heavy atom. The molecule has 0 bridgehead atoms. The molecule has 4 nitrogen and oxygen atoms in total. The number of nitrogens with zero attached hydrogens (tertiary/aromatic N) is 1. The zero-order valence-corrected chi connectivity index (χ0v) is 13.4. The number of benzene rings is 1. The second kappa shape index (κ2) is 7.13. The molecule has 8 heteroatoms. The number of ether oxygens (including phenoxy) is 1. The third-order valence-corrected chi connectivity index (χ3v) is 2.71. The summed E-state index contributed by atoms with van der Waals surface area (Å²) in [6, 6.07) is 2.78. The number of alkyl halides is 2. The number of hydrogen-bond acceptors (Lipinski definition) is 2. The Kier molecular flexibility index (Phi) is 6.04. The molecule has 0 aliphatic heterocycles. The third-order valence-electron chi connectivity index (χ3n) is 2.22. The third kappa shape index (κ3) is 6.35. The molecule has 0 saturated carbocycles. The van der Waals surface area contributed by atoms with Crippen molar-refractivity contribution in [2.45, 2.75) is 39.5 Å². The van der Waals surface area contributed by atoms with Gasteiger partial charge in [0.15, 0.2) is 5.96 Å². The molecule has 0 spiro atoms. The van der Waals surface area contributed by atoms with Crippen molar-refractivity contribution in [3.63, 3.8) is 0 Å². The molecule has 118 valence electrons. The monoisotopic (exact) mass is 339 g/mol. The van der Waals surface area contributed by atoms with Gasteiger partial charge < -0.3 is 15.8 Å². The minimum absolute atomic E-state index is 0.00430. The molecule has 1 aromatic carbocycles. The number of nitrogens with two attached hydrogens (primary N) is 1. The molecule has 0 heterocycles. The minimum atomic E-state index is -2.99. The summed E-state index contributed by atoms with van der Waals surface area (Å²) in [5, 5.41) is 3.25. The van der Waals surface area contributed by atoms with E-state index >= 15 is 0 Å². The number of halogens is 4. The molecule has 1 aromatic rings. The first-order valence-electron chi connectivity index (χ1n) is 6.09. The van der Waals surface area contributed by atoms with Crippen LogP contribution in [-0.4, -0.2) is 18.1 Å². The van der Waals surface area contributed by atoms with E-state index < -0.39 is 6.61 Å². The Bertz CT molecular complexity index is 531. The maximum atomic E-state index is 12.4. The molecule has 0 fully saturated rings. The first-order valence-corrected chi connectivity index (χ1v) is 6.85. The maximum absolute atomic E-state index is 12.4. The van der Waals surface area contributed by atoms with Gasteiger partial charge in [0.1, 0.15) is 5.75 Å². The molecule has 21 heavy (non-hydrogen) atoms. The zero-order valence-electron chi connectivity index (χ0n) is 11.9. The van der Waals surface area contributed by atoms with E-state index in [1.807, 2.05) is 20.8 Å².